The average Bonchev–Trinajstić information content (AvgIpc) is 2.59. The highest BCUT2D eigenvalue weighted by atomic mass is 16.5. The van der Waals surface area contributed by atoms with Crippen molar-refractivity contribution in [3.05, 3.63) is 34.2 Å². The van der Waals surface area contributed by atoms with Crippen molar-refractivity contribution in [1.29, 1.82) is 0 Å². The summed E-state index contributed by atoms with van der Waals surface area (Å²) in [6.07, 6.45) is 1.62. The minimum Gasteiger partial charge on any atom is -0.493 e. The summed E-state index contributed by atoms with van der Waals surface area (Å²) in [6.45, 7) is 4.84. The molecule has 0 spiro atoms. The molecule has 0 N–H and O–H groups in total. The van der Waals surface area contributed by atoms with E-state index in [1.165, 1.54) is 18.8 Å². The van der Waals surface area contributed by atoms with Gasteiger partial charge in [0.25, 0.3) is 11.5 Å². The largest absolute Gasteiger partial charge is 0.493 e. The summed E-state index contributed by atoms with van der Waals surface area (Å²) in [4.78, 5) is 26.9. The number of benzene rings is 1. The maximum Gasteiger partial charge on any atom is 0.258 e. The van der Waals surface area contributed by atoms with Crippen molar-refractivity contribution in [3.63, 3.8) is 0 Å². The number of methoxy groups -OCH3 is 2. The van der Waals surface area contributed by atoms with E-state index < -0.39 is 0 Å². The summed E-state index contributed by atoms with van der Waals surface area (Å²) >= 11 is 0. The van der Waals surface area contributed by atoms with Crippen LogP contribution in [0.15, 0.2) is 23.1 Å². The van der Waals surface area contributed by atoms with Crippen LogP contribution in [0.25, 0.3) is 10.8 Å². The van der Waals surface area contributed by atoms with Crippen molar-refractivity contribution in [3.8, 4) is 11.5 Å². The summed E-state index contributed by atoms with van der Waals surface area (Å²) in [5.41, 5.74) is 0.325. The van der Waals surface area contributed by atoms with Gasteiger partial charge in [0.1, 0.15) is 0 Å². The Bertz CT molecular complexity index is 795. The number of hydrogen-bond donors (Lipinski definition) is 0. The lowest BCUT2D eigenvalue weighted by atomic mass is 10.0. The first-order valence-corrected chi connectivity index (χ1v) is 7.53. The molecular formula is C17H22N2O4. The predicted octanol–water partition coefficient (Wildman–Crippen LogP) is 2.13. The number of aryl methyl sites for hydroxylation is 1. The molecule has 0 fully saturated rings. The Morgan fingerprint density at radius 2 is 1.70 bits per heavy atom. The quantitative estimate of drug-likeness (QED) is 0.847. The molecule has 0 unspecified atom stereocenters. The SMILES string of the molecule is CCN(C)C(=O)c1cn(CC)c(=O)c2cc(OC)c(OC)cc12. The van der Waals surface area contributed by atoms with Gasteiger partial charge >= 0.3 is 0 Å². The zero-order chi connectivity index (χ0) is 17.1. The Balaban J connectivity index is 2.88. The van der Waals surface area contributed by atoms with E-state index in [4.69, 9.17) is 9.47 Å². The minimum absolute atomic E-state index is 0.132. The van der Waals surface area contributed by atoms with Gasteiger partial charge in [0.15, 0.2) is 11.5 Å². The summed E-state index contributed by atoms with van der Waals surface area (Å²) < 4.78 is 12.1. The monoisotopic (exact) mass is 318 g/mol. The third kappa shape index (κ3) is 2.88. The van der Waals surface area contributed by atoms with Crippen molar-refractivity contribution in [2.75, 3.05) is 27.8 Å². The van der Waals surface area contributed by atoms with E-state index in [0.29, 0.717) is 40.9 Å². The van der Waals surface area contributed by atoms with Gasteiger partial charge in [0.2, 0.25) is 0 Å². The summed E-state index contributed by atoms with van der Waals surface area (Å²) in [5.74, 6) is 0.821. The Hall–Kier alpha value is -2.50. The van der Waals surface area contributed by atoms with Gasteiger partial charge in [0, 0.05) is 31.7 Å². The summed E-state index contributed by atoms with van der Waals surface area (Å²) in [5, 5.41) is 1.02. The molecule has 0 aliphatic heterocycles. The van der Waals surface area contributed by atoms with Gasteiger partial charge in [-0.05, 0) is 26.0 Å². The van der Waals surface area contributed by atoms with Crippen LogP contribution in [-0.4, -0.2) is 43.2 Å². The van der Waals surface area contributed by atoms with E-state index >= 15 is 0 Å². The highest BCUT2D eigenvalue weighted by Gasteiger charge is 2.19. The van der Waals surface area contributed by atoms with Crippen LogP contribution in [0, 0.1) is 0 Å². The van der Waals surface area contributed by atoms with E-state index in [-0.39, 0.29) is 11.5 Å². The Labute approximate surface area is 135 Å². The standard InChI is InChI=1S/C17H22N2O4/c1-6-18(3)16(20)13-10-19(7-2)17(21)12-9-15(23-5)14(22-4)8-11(12)13/h8-10H,6-7H2,1-5H3. The third-order valence-corrected chi connectivity index (χ3v) is 3.98. The van der Waals surface area contributed by atoms with Gasteiger partial charge in [-0.2, -0.15) is 0 Å². The number of aromatic nitrogens is 1. The normalized spacial score (nSPS) is 10.7. The van der Waals surface area contributed by atoms with Gasteiger partial charge in [0.05, 0.1) is 25.2 Å². The highest BCUT2D eigenvalue weighted by Crippen LogP contribution is 2.32. The molecule has 2 rings (SSSR count). The second kappa shape index (κ2) is 6.73. The second-order valence-corrected chi connectivity index (χ2v) is 5.21. The van der Waals surface area contributed by atoms with Crippen molar-refractivity contribution >= 4 is 16.7 Å². The number of pyridine rings is 1. The molecule has 124 valence electrons. The zero-order valence-electron chi connectivity index (χ0n) is 14.2. The molecule has 1 aromatic carbocycles. The molecule has 0 aliphatic carbocycles. The fourth-order valence-electron chi connectivity index (χ4n) is 2.47. The fourth-order valence-corrected chi connectivity index (χ4v) is 2.47. The first-order valence-electron chi connectivity index (χ1n) is 7.53. The molecule has 1 aromatic heterocycles. The molecule has 6 nitrogen and oxygen atoms in total. The highest BCUT2D eigenvalue weighted by molar-refractivity contribution is 6.07. The lowest BCUT2D eigenvalue weighted by molar-refractivity contribution is 0.0803. The number of ether oxygens (including phenoxy) is 2. The van der Waals surface area contributed by atoms with Crippen LogP contribution in [0.4, 0.5) is 0 Å². The predicted molar refractivity (Wildman–Crippen MR) is 89.6 cm³/mol. The number of fused-ring (bicyclic) bond motifs is 1. The molecule has 1 heterocycles. The zero-order valence-corrected chi connectivity index (χ0v) is 14.2. The lowest BCUT2D eigenvalue weighted by Crippen LogP contribution is -2.29. The molecule has 0 saturated carbocycles. The maximum atomic E-state index is 12.7. The molecule has 6 heteroatoms. The minimum atomic E-state index is -0.154. The third-order valence-electron chi connectivity index (χ3n) is 3.98. The number of carbonyl (C=O) groups excluding carboxylic acids is 1. The number of rotatable bonds is 5. The average molecular weight is 318 g/mol. The molecular weight excluding hydrogens is 296 g/mol. The molecule has 0 bridgehead atoms. The van der Waals surface area contributed by atoms with Crippen LogP contribution < -0.4 is 15.0 Å². The van der Waals surface area contributed by atoms with Gasteiger partial charge in [-0.1, -0.05) is 0 Å². The Morgan fingerprint density at radius 1 is 1.13 bits per heavy atom. The van der Waals surface area contributed by atoms with Crippen molar-refractivity contribution in [2.24, 2.45) is 0 Å². The number of hydrogen-bond acceptors (Lipinski definition) is 4. The van der Waals surface area contributed by atoms with Crippen LogP contribution in [0.2, 0.25) is 0 Å². The molecule has 0 saturated heterocycles. The van der Waals surface area contributed by atoms with Crippen LogP contribution in [0.1, 0.15) is 24.2 Å². The van der Waals surface area contributed by atoms with Crippen LogP contribution in [-0.2, 0) is 6.54 Å². The maximum absolute atomic E-state index is 12.7. The van der Waals surface area contributed by atoms with E-state index in [0.717, 1.165) is 0 Å². The molecule has 0 atom stereocenters. The van der Waals surface area contributed by atoms with Gasteiger partial charge < -0.3 is 18.9 Å². The second-order valence-electron chi connectivity index (χ2n) is 5.21. The number of amides is 1. The summed E-state index contributed by atoms with van der Waals surface area (Å²) in [7, 11) is 4.77. The summed E-state index contributed by atoms with van der Waals surface area (Å²) in [6, 6.07) is 3.32. The van der Waals surface area contributed by atoms with Crippen molar-refractivity contribution < 1.29 is 14.3 Å². The van der Waals surface area contributed by atoms with E-state index in [1.54, 1.807) is 30.3 Å². The Kier molecular flexibility index (Phi) is 4.93. The fraction of sp³-hybridized carbons (Fsp3) is 0.412. The smallest absolute Gasteiger partial charge is 0.258 e. The van der Waals surface area contributed by atoms with Gasteiger partial charge in [-0.25, -0.2) is 0 Å². The van der Waals surface area contributed by atoms with Gasteiger partial charge in [-0.15, -0.1) is 0 Å². The van der Waals surface area contributed by atoms with Crippen LogP contribution >= 0.6 is 0 Å². The molecule has 0 aliphatic rings. The molecule has 23 heavy (non-hydrogen) atoms. The van der Waals surface area contributed by atoms with E-state index in [9.17, 15) is 9.59 Å². The first kappa shape index (κ1) is 16.9. The molecule has 2 aromatic rings. The van der Waals surface area contributed by atoms with Gasteiger partial charge in [-0.3, -0.25) is 9.59 Å². The van der Waals surface area contributed by atoms with Crippen molar-refractivity contribution in [2.45, 2.75) is 20.4 Å². The number of nitrogens with zero attached hydrogens (tertiary/aromatic N) is 2. The molecule has 1 amide bonds. The Morgan fingerprint density at radius 3 is 2.17 bits per heavy atom. The van der Waals surface area contributed by atoms with Crippen LogP contribution in [0.3, 0.4) is 0 Å². The topological polar surface area (TPSA) is 60.8 Å². The lowest BCUT2D eigenvalue weighted by Gasteiger charge is -2.18. The van der Waals surface area contributed by atoms with E-state index in [2.05, 4.69) is 0 Å². The van der Waals surface area contributed by atoms with E-state index in [1.807, 2.05) is 13.8 Å². The first-order chi connectivity index (χ1) is 11.0. The van der Waals surface area contributed by atoms with Crippen LogP contribution in [0.5, 0.6) is 11.5 Å². The number of carbonyl (C=O) groups is 1. The molecule has 0 radical (unpaired) electrons. The van der Waals surface area contributed by atoms with Crippen molar-refractivity contribution in [1.82, 2.24) is 9.47 Å².